The van der Waals surface area contributed by atoms with Gasteiger partial charge in [-0.05, 0) is 35.4 Å². The number of aliphatic hydroxyl groups excluding tert-OH is 1. The van der Waals surface area contributed by atoms with Gasteiger partial charge < -0.3 is 5.11 Å². The normalized spacial score (nSPS) is 12.4. The van der Waals surface area contributed by atoms with Gasteiger partial charge in [-0.25, -0.2) is 4.39 Å². The molecule has 1 N–H and O–H groups in total. The Morgan fingerprint density at radius 3 is 2.31 bits per heavy atom. The van der Waals surface area contributed by atoms with Crippen molar-refractivity contribution in [2.75, 3.05) is 0 Å². The Bertz CT molecular complexity index is 482. The largest absolute Gasteiger partial charge is 0.384 e. The Balaban J connectivity index is 2.31. The zero-order valence-electron chi connectivity index (χ0n) is 8.40. The van der Waals surface area contributed by atoms with Gasteiger partial charge in [0.15, 0.2) is 0 Å². The number of hydrogen-bond acceptors (Lipinski definition) is 1. The van der Waals surface area contributed by atoms with Gasteiger partial charge in [0.05, 0.1) is 0 Å². The molecule has 0 saturated carbocycles. The summed E-state index contributed by atoms with van der Waals surface area (Å²) in [5, 5.41) is 10.6. The van der Waals surface area contributed by atoms with Gasteiger partial charge >= 0.3 is 0 Å². The van der Waals surface area contributed by atoms with E-state index in [1.165, 1.54) is 12.1 Å². The molecule has 0 amide bonds. The van der Waals surface area contributed by atoms with Crippen LogP contribution in [0.5, 0.6) is 0 Å². The summed E-state index contributed by atoms with van der Waals surface area (Å²) in [4.78, 5) is 0. The van der Waals surface area contributed by atoms with Crippen molar-refractivity contribution in [3.63, 3.8) is 0 Å². The monoisotopic (exact) mass is 236 g/mol. The summed E-state index contributed by atoms with van der Waals surface area (Å²) in [6.07, 6.45) is -0.826. The maximum absolute atomic E-state index is 13.0. The molecule has 2 aromatic rings. The minimum atomic E-state index is -0.826. The summed E-state index contributed by atoms with van der Waals surface area (Å²) < 4.78 is 13.0. The van der Waals surface area contributed by atoms with Gasteiger partial charge in [0.25, 0.3) is 0 Å². The van der Waals surface area contributed by atoms with E-state index in [1.54, 1.807) is 36.4 Å². The molecule has 1 atom stereocenters. The Morgan fingerprint density at radius 2 is 1.69 bits per heavy atom. The molecule has 16 heavy (non-hydrogen) atoms. The molecular weight excluding hydrogens is 227 g/mol. The minimum absolute atomic E-state index is 0.356. The highest BCUT2D eigenvalue weighted by Crippen LogP contribution is 2.23. The molecule has 0 spiro atoms. The van der Waals surface area contributed by atoms with E-state index in [1.807, 2.05) is 0 Å². The Kier molecular flexibility index (Phi) is 3.22. The quantitative estimate of drug-likeness (QED) is 0.845. The number of rotatable bonds is 2. The van der Waals surface area contributed by atoms with Gasteiger partial charge in [0.1, 0.15) is 11.9 Å². The van der Waals surface area contributed by atoms with E-state index >= 15 is 0 Å². The van der Waals surface area contributed by atoms with Crippen LogP contribution in [-0.4, -0.2) is 5.11 Å². The van der Waals surface area contributed by atoms with Gasteiger partial charge in [0.2, 0.25) is 0 Å². The Morgan fingerprint density at radius 1 is 1.00 bits per heavy atom. The van der Waals surface area contributed by atoms with Crippen molar-refractivity contribution in [1.29, 1.82) is 0 Å². The number of benzene rings is 2. The fourth-order valence-electron chi connectivity index (χ4n) is 1.51. The SMILES string of the molecule is O[C@@H](c1ccc(Cl)cc1)c1cccc(F)c1. The van der Waals surface area contributed by atoms with E-state index in [0.29, 0.717) is 16.1 Å². The topological polar surface area (TPSA) is 20.2 Å². The molecule has 0 aliphatic heterocycles. The van der Waals surface area contributed by atoms with Crippen LogP contribution in [-0.2, 0) is 0 Å². The van der Waals surface area contributed by atoms with E-state index in [-0.39, 0.29) is 5.82 Å². The third-order valence-corrected chi connectivity index (χ3v) is 2.60. The lowest BCUT2D eigenvalue weighted by atomic mass is 10.0. The average molecular weight is 237 g/mol. The Labute approximate surface area is 98.1 Å². The molecule has 1 nitrogen and oxygen atoms in total. The van der Waals surface area contributed by atoms with E-state index in [9.17, 15) is 9.50 Å². The lowest BCUT2D eigenvalue weighted by Gasteiger charge is -2.11. The summed E-state index contributed by atoms with van der Waals surface area (Å²) in [6.45, 7) is 0. The number of aliphatic hydroxyl groups is 1. The van der Waals surface area contributed by atoms with Crippen molar-refractivity contribution in [1.82, 2.24) is 0 Å². The smallest absolute Gasteiger partial charge is 0.123 e. The molecule has 0 fully saturated rings. The molecule has 0 radical (unpaired) electrons. The van der Waals surface area contributed by atoms with Crippen LogP contribution in [0.2, 0.25) is 5.02 Å². The number of halogens is 2. The van der Waals surface area contributed by atoms with Gasteiger partial charge in [-0.2, -0.15) is 0 Å². The van der Waals surface area contributed by atoms with Crippen LogP contribution < -0.4 is 0 Å². The maximum atomic E-state index is 13.0. The average Bonchev–Trinajstić information content (AvgIpc) is 2.29. The van der Waals surface area contributed by atoms with Crippen LogP contribution in [0.1, 0.15) is 17.2 Å². The summed E-state index contributed by atoms with van der Waals surface area (Å²) in [5.74, 6) is -0.356. The molecule has 3 heteroatoms. The molecule has 82 valence electrons. The first kappa shape index (κ1) is 11.1. The highest BCUT2D eigenvalue weighted by atomic mass is 35.5. The second-order valence-corrected chi connectivity index (χ2v) is 3.95. The van der Waals surface area contributed by atoms with Crippen molar-refractivity contribution in [2.24, 2.45) is 0 Å². The molecule has 0 aromatic heterocycles. The number of hydrogen-bond donors (Lipinski definition) is 1. The van der Waals surface area contributed by atoms with Gasteiger partial charge in [0, 0.05) is 5.02 Å². The fourth-order valence-corrected chi connectivity index (χ4v) is 1.64. The van der Waals surface area contributed by atoms with Crippen molar-refractivity contribution >= 4 is 11.6 Å². The minimum Gasteiger partial charge on any atom is -0.384 e. The highest BCUT2D eigenvalue weighted by molar-refractivity contribution is 6.30. The highest BCUT2D eigenvalue weighted by Gasteiger charge is 2.10. The van der Waals surface area contributed by atoms with Crippen molar-refractivity contribution < 1.29 is 9.50 Å². The zero-order chi connectivity index (χ0) is 11.5. The third-order valence-electron chi connectivity index (χ3n) is 2.35. The lowest BCUT2D eigenvalue weighted by Crippen LogP contribution is -1.99. The van der Waals surface area contributed by atoms with E-state index in [0.717, 1.165) is 0 Å². The molecule has 2 rings (SSSR count). The van der Waals surface area contributed by atoms with Crippen LogP contribution in [0.4, 0.5) is 4.39 Å². The van der Waals surface area contributed by atoms with Crippen LogP contribution in [0.15, 0.2) is 48.5 Å². The lowest BCUT2D eigenvalue weighted by molar-refractivity contribution is 0.220. The molecule has 0 unspecified atom stereocenters. The second kappa shape index (κ2) is 4.64. The predicted molar refractivity (Wildman–Crippen MR) is 61.9 cm³/mol. The molecule has 0 aliphatic rings. The first-order chi connectivity index (χ1) is 7.66. The first-order valence-electron chi connectivity index (χ1n) is 4.86. The molecular formula is C13H10ClFO. The molecule has 0 bridgehead atoms. The second-order valence-electron chi connectivity index (χ2n) is 3.51. The van der Waals surface area contributed by atoms with Crippen molar-refractivity contribution in [3.05, 3.63) is 70.5 Å². The van der Waals surface area contributed by atoms with Crippen LogP contribution >= 0.6 is 11.6 Å². The summed E-state index contributed by atoms with van der Waals surface area (Å²) in [6, 6.07) is 12.7. The fraction of sp³-hybridized carbons (Fsp3) is 0.0769. The maximum Gasteiger partial charge on any atom is 0.123 e. The molecule has 0 aliphatic carbocycles. The van der Waals surface area contributed by atoms with Crippen molar-refractivity contribution in [2.45, 2.75) is 6.10 Å². The van der Waals surface area contributed by atoms with Crippen LogP contribution in [0.3, 0.4) is 0 Å². The van der Waals surface area contributed by atoms with E-state index < -0.39 is 6.10 Å². The van der Waals surface area contributed by atoms with Gasteiger partial charge in [-0.15, -0.1) is 0 Å². The molecule has 0 heterocycles. The summed E-state index contributed by atoms with van der Waals surface area (Å²) in [5.41, 5.74) is 1.22. The molecule has 0 saturated heterocycles. The first-order valence-corrected chi connectivity index (χ1v) is 5.23. The van der Waals surface area contributed by atoms with Gasteiger partial charge in [-0.3, -0.25) is 0 Å². The third kappa shape index (κ3) is 2.40. The van der Waals surface area contributed by atoms with Crippen molar-refractivity contribution in [3.8, 4) is 0 Å². The summed E-state index contributed by atoms with van der Waals surface area (Å²) >= 11 is 5.75. The Hall–Kier alpha value is -1.38. The molecule has 2 aromatic carbocycles. The predicted octanol–water partition coefficient (Wildman–Crippen LogP) is 3.56. The summed E-state index contributed by atoms with van der Waals surface area (Å²) in [7, 11) is 0. The van der Waals surface area contributed by atoms with E-state index in [2.05, 4.69) is 0 Å². The van der Waals surface area contributed by atoms with Crippen LogP contribution in [0, 0.1) is 5.82 Å². The van der Waals surface area contributed by atoms with Crippen LogP contribution in [0.25, 0.3) is 0 Å². The van der Waals surface area contributed by atoms with Gasteiger partial charge in [-0.1, -0.05) is 35.9 Å². The standard InChI is InChI=1S/C13H10ClFO/c14-11-6-4-9(5-7-11)13(16)10-2-1-3-12(15)8-10/h1-8,13,16H/t13-/m0/s1. The zero-order valence-corrected chi connectivity index (χ0v) is 9.16. The van der Waals surface area contributed by atoms with E-state index in [4.69, 9.17) is 11.6 Å².